The average Bonchev–Trinajstić information content (AvgIpc) is 2.73. The van der Waals surface area contributed by atoms with Crippen molar-refractivity contribution in [3.05, 3.63) is 76.7 Å². The molecule has 0 atom stereocenters. The molecule has 0 bridgehead atoms. The minimum Gasteiger partial charge on any atom is -0.395 e. The molecule has 2 N–H and O–H groups in total. The van der Waals surface area contributed by atoms with E-state index in [9.17, 15) is 23.1 Å². The van der Waals surface area contributed by atoms with Crippen molar-refractivity contribution in [2.45, 2.75) is 13.1 Å². The molecule has 0 aliphatic heterocycles. The summed E-state index contributed by atoms with van der Waals surface area (Å²) in [6.45, 7) is 1.86. The summed E-state index contributed by atoms with van der Waals surface area (Å²) in [6, 6.07) is 10.1. The van der Waals surface area contributed by atoms with Gasteiger partial charge in [-0.1, -0.05) is 17.7 Å². The molecule has 2 aromatic heterocycles. The summed E-state index contributed by atoms with van der Waals surface area (Å²) in [7, 11) is 0. The largest absolute Gasteiger partial charge is 0.433 e. The summed E-state index contributed by atoms with van der Waals surface area (Å²) < 4.78 is 37.9. The van der Waals surface area contributed by atoms with E-state index in [1.807, 2.05) is 13.0 Å². The van der Waals surface area contributed by atoms with Crippen LogP contribution in [0, 0.1) is 6.92 Å². The van der Waals surface area contributed by atoms with Gasteiger partial charge in [-0.2, -0.15) is 13.2 Å². The van der Waals surface area contributed by atoms with Crippen LogP contribution in [0.2, 0.25) is 5.02 Å². The zero-order valence-corrected chi connectivity index (χ0v) is 17.1. The molecule has 0 fully saturated rings. The maximum absolute atomic E-state index is 12.7. The fourth-order valence-corrected chi connectivity index (χ4v) is 3.12. The number of aromatic nitrogens is 2. The predicted octanol–water partition coefficient (Wildman–Crippen LogP) is 4.84. The molecule has 2 heterocycles. The molecular formula is C21H18ClF3N4O2. The first-order chi connectivity index (χ1) is 14.7. The Morgan fingerprint density at radius 3 is 2.58 bits per heavy atom. The molecule has 0 aliphatic carbocycles. The number of aliphatic hydroxyl groups excluding tert-OH is 1. The number of nitrogens with zero attached hydrogens (tertiary/aromatic N) is 3. The Balaban J connectivity index is 1.89. The second-order valence-corrected chi connectivity index (χ2v) is 6.98. The molecule has 0 unspecified atom stereocenters. The van der Waals surface area contributed by atoms with Gasteiger partial charge in [0.25, 0.3) is 5.91 Å². The minimum absolute atomic E-state index is 0.113. The smallest absolute Gasteiger partial charge is 0.395 e. The van der Waals surface area contributed by atoms with E-state index in [1.54, 1.807) is 17.2 Å². The highest BCUT2D eigenvalue weighted by atomic mass is 35.5. The number of pyridine rings is 2. The Hall–Kier alpha value is -3.17. The summed E-state index contributed by atoms with van der Waals surface area (Å²) in [5.74, 6) is 0.0177. The van der Waals surface area contributed by atoms with Gasteiger partial charge in [0, 0.05) is 18.3 Å². The molecule has 31 heavy (non-hydrogen) atoms. The van der Waals surface area contributed by atoms with Crippen LogP contribution in [0.4, 0.5) is 30.4 Å². The van der Waals surface area contributed by atoms with Crippen LogP contribution in [0.1, 0.15) is 21.6 Å². The van der Waals surface area contributed by atoms with Crippen molar-refractivity contribution < 1.29 is 23.1 Å². The van der Waals surface area contributed by atoms with Crippen molar-refractivity contribution in [3.63, 3.8) is 0 Å². The van der Waals surface area contributed by atoms with E-state index in [1.165, 1.54) is 18.2 Å². The standard InChI is InChI=1S/C21H18ClF3N4O2/c1-13-3-2-8-26-19(13)29(9-10-30)17-11-14(4-6-16(17)22)20(31)28-15-5-7-18(27-12-15)21(23,24)25/h2-8,11-12,30H,9-10H2,1H3,(H,28,31). The third-order valence-corrected chi connectivity index (χ3v) is 4.69. The van der Waals surface area contributed by atoms with Gasteiger partial charge in [0.2, 0.25) is 0 Å². The Kier molecular flexibility index (Phi) is 6.77. The number of halogens is 4. The van der Waals surface area contributed by atoms with Gasteiger partial charge in [-0.05, 0) is 48.9 Å². The van der Waals surface area contributed by atoms with Crippen LogP contribution in [-0.2, 0) is 6.18 Å². The molecule has 162 valence electrons. The molecule has 1 aromatic carbocycles. The van der Waals surface area contributed by atoms with Crippen LogP contribution in [0.25, 0.3) is 0 Å². The van der Waals surface area contributed by atoms with Crippen LogP contribution >= 0.6 is 11.6 Å². The van der Waals surface area contributed by atoms with Crippen molar-refractivity contribution in [3.8, 4) is 0 Å². The first kappa shape index (κ1) is 22.5. The highest BCUT2D eigenvalue weighted by molar-refractivity contribution is 6.33. The summed E-state index contributed by atoms with van der Waals surface area (Å²) in [6.07, 6.45) is -2.02. The molecule has 0 saturated carbocycles. The molecule has 0 aliphatic rings. The third-order valence-electron chi connectivity index (χ3n) is 4.37. The van der Waals surface area contributed by atoms with E-state index in [0.717, 1.165) is 23.9 Å². The Labute approximate surface area is 181 Å². The van der Waals surface area contributed by atoms with Crippen molar-refractivity contribution in [1.29, 1.82) is 0 Å². The van der Waals surface area contributed by atoms with E-state index in [2.05, 4.69) is 15.3 Å². The Bertz CT molecular complexity index is 1070. The number of carbonyl (C=O) groups excluding carboxylic acids is 1. The normalized spacial score (nSPS) is 11.3. The first-order valence-corrected chi connectivity index (χ1v) is 9.52. The Morgan fingerprint density at radius 1 is 1.19 bits per heavy atom. The van der Waals surface area contributed by atoms with Crippen LogP contribution < -0.4 is 10.2 Å². The van der Waals surface area contributed by atoms with Crippen molar-refractivity contribution in [1.82, 2.24) is 9.97 Å². The zero-order valence-electron chi connectivity index (χ0n) is 16.3. The van der Waals surface area contributed by atoms with E-state index < -0.39 is 17.8 Å². The molecule has 0 radical (unpaired) electrons. The summed E-state index contributed by atoms with van der Waals surface area (Å²) in [5.41, 5.74) is 0.580. The first-order valence-electron chi connectivity index (χ1n) is 9.15. The molecule has 10 heteroatoms. The van der Waals surface area contributed by atoms with Gasteiger partial charge in [0.1, 0.15) is 11.5 Å². The number of hydrogen-bond donors (Lipinski definition) is 2. The van der Waals surface area contributed by atoms with Gasteiger partial charge in [-0.15, -0.1) is 0 Å². The highest BCUT2D eigenvalue weighted by Gasteiger charge is 2.32. The van der Waals surface area contributed by atoms with Gasteiger partial charge in [0.15, 0.2) is 0 Å². The van der Waals surface area contributed by atoms with Crippen molar-refractivity contribution in [2.75, 3.05) is 23.4 Å². The van der Waals surface area contributed by atoms with Gasteiger partial charge in [-0.3, -0.25) is 4.79 Å². The van der Waals surface area contributed by atoms with E-state index in [4.69, 9.17) is 11.6 Å². The second kappa shape index (κ2) is 9.32. The fourth-order valence-electron chi connectivity index (χ4n) is 2.90. The van der Waals surface area contributed by atoms with E-state index >= 15 is 0 Å². The lowest BCUT2D eigenvalue weighted by Crippen LogP contribution is -2.24. The number of aliphatic hydroxyl groups is 1. The monoisotopic (exact) mass is 450 g/mol. The number of anilines is 3. The summed E-state index contributed by atoms with van der Waals surface area (Å²) in [5, 5.41) is 12.4. The number of alkyl halides is 3. The minimum atomic E-state index is -4.56. The molecular weight excluding hydrogens is 433 g/mol. The number of carbonyl (C=O) groups is 1. The molecule has 6 nitrogen and oxygen atoms in total. The lowest BCUT2D eigenvalue weighted by Gasteiger charge is -2.26. The van der Waals surface area contributed by atoms with Gasteiger partial charge in [0.05, 0.1) is 29.2 Å². The number of aryl methyl sites for hydroxylation is 1. The lowest BCUT2D eigenvalue weighted by molar-refractivity contribution is -0.141. The summed E-state index contributed by atoms with van der Waals surface area (Å²) >= 11 is 6.35. The predicted molar refractivity (Wildman–Crippen MR) is 112 cm³/mol. The van der Waals surface area contributed by atoms with E-state index in [-0.39, 0.29) is 24.4 Å². The van der Waals surface area contributed by atoms with Crippen LogP contribution in [0.15, 0.2) is 54.9 Å². The molecule has 0 spiro atoms. The maximum Gasteiger partial charge on any atom is 0.433 e. The second-order valence-electron chi connectivity index (χ2n) is 6.57. The summed E-state index contributed by atoms with van der Waals surface area (Å²) in [4.78, 5) is 22.0. The van der Waals surface area contributed by atoms with Crippen LogP contribution in [-0.4, -0.2) is 34.1 Å². The average molecular weight is 451 g/mol. The lowest BCUT2D eigenvalue weighted by atomic mass is 10.1. The molecule has 3 rings (SSSR count). The number of amides is 1. The quantitative estimate of drug-likeness (QED) is 0.562. The van der Waals surface area contributed by atoms with Crippen LogP contribution in [0.3, 0.4) is 0 Å². The molecule has 0 saturated heterocycles. The van der Waals surface area contributed by atoms with Gasteiger partial charge >= 0.3 is 6.18 Å². The van der Waals surface area contributed by atoms with Gasteiger partial charge in [-0.25, -0.2) is 9.97 Å². The van der Waals surface area contributed by atoms with Crippen molar-refractivity contribution in [2.24, 2.45) is 0 Å². The van der Waals surface area contributed by atoms with Crippen LogP contribution in [0.5, 0.6) is 0 Å². The van der Waals surface area contributed by atoms with Gasteiger partial charge < -0.3 is 15.3 Å². The highest BCUT2D eigenvalue weighted by Crippen LogP contribution is 2.33. The zero-order chi connectivity index (χ0) is 22.6. The Morgan fingerprint density at radius 2 is 1.97 bits per heavy atom. The number of benzene rings is 1. The maximum atomic E-state index is 12.7. The number of rotatable bonds is 6. The number of hydrogen-bond acceptors (Lipinski definition) is 5. The molecule has 1 amide bonds. The SMILES string of the molecule is Cc1cccnc1N(CCO)c1cc(C(=O)Nc2ccc(C(F)(F)F)nc2)ccc1Cl. The molecule has 3 aromatic rings. The topological polar surface area (TPSA) is 78.3 Å². The third kappa shape index (κ3) is 5.31. The van der Waals surface area contributed by atoms with E-state index in [0.29, 0.717) is 16.5 Å². The number of nitrogens with one attached hydrogen (secondary N) is 1. The van der Waals surface area contributed by atoms with Crippen molar-refractivity contribution >= 4 is 34.7 Å². The fraction of sp³-hybridized carbons (Fsp3) is 0.190.